The van der Waals surface area contributed by atoms with Crippen LogP contribution in [-0.2, 0) is 24.4 Å². The van der Waals surface area contributed by atoms with Gasteiger partial charge in [-0.2, -0.15) is 0 Å². The number of nitrogens with zero attached hydrogens (tertiary/aromatic N) is 3. The van der Waals surface area contributed by atoms with E-state index in [1.807, 2.05) is 41.6 Å². The maximum atomic E-state index is 12.6. The predicted molar refractivity (Wildman–Crippen MR) is 92.5 cm³/mol. The van der Waals surface area contributed by atoms with Crippen LogP contribution in [-0.4, -0.2) is 38.6 Å². The first-order valence-electron chi connectivity index (χ1n) is 8.68. The Morgan fingerprint density at radius 3 is 2.75 bits per heavy atom. The number of aryl methyl sites for hydroxylation is 1. The second kappa shape index (κ2) is 7.62. The van der Waals surface area contributed by atoms with Crippen LogP contribution in [0.2, 0.25) is 0 Å². The zero-order valence-electron chi connectivity index (χ0n) is 14.2. The second-order valence-electron chi connectivity index (χ2n) is 6.40. The molecule has 1 N–H and O–H groups in total. The first-order valence-corrected chi connectivity index (χ1v) is 8.68. The highest BCUT2D eigenvalue weighted by Crippen LogP contribution is 2.26. The van der Waals surface area contributed by atoms with Crippen molar-refractivity contribution < 1.29 is 9.90 Å². The minimum Gasteiger partial charge on any atom is -0.392 e. The van der Waals surface area contributed by atoms with Crippen LogP contribution in [0.15, 0.2) is 36.7 Å². The van der Waals surface area contributed by atoms with Gasteiger partial charge in [0.1, 0.15) is 5.82 Å². The first kappa shape index (κ1) is 16.7. The quantitative estimate of drug-likeness (QED) is 0.917. The SMILES string of the molecule is CCn1ccnc1[C@H]1CCCN(C(=O)Cc2ccc(CO)cc2)C1. The van der Waals surface area contributed by atoms with Gasteiger partial charge >= 0.3 is 0 Å². The minimum absolute atomic E-state index is 0.0338. The average Bonchev–Trinajstić information content (AvgIpc) is 3.11. The van der Waals surface area contributed by atoms with Crippen LogP contribution in [0.25, 0.3) is 0 Å². The first-order chi connectivity index (χ1) is 11.7. The third kappa shape index (κ3) is 3.67. The molecule has 0 radical (unpaired) electrons. The number of carbonyl (C=O) groups excluding carboxylic acids is 1. The standard InChI is InChI=1S/C19H25N3O2/c1-2-21-11-9-20-19(21)17-4-3-10-22(13-17)18(24)12-15-5-7-16(14-23)8-6-15/h5-9,11,17,23H,2-4,10,12-14H2,1H3/t17-/m0/s1. The van der Waals surface area contributed by atoms with Gasteiger partial charge in [-0.15, -0.1) is 0 Å². The van der Waals surface area contributed by atoms with Gasteiger partial charge in [-0.05, 0) is 30.9 Å². The monoisotopic (exact) mass is 327 g/mol. The van der Waals surface area contributed by atoms with Crippen LogP contribution in [0.5, 0.6) is 0 Å². The Bertz CT molecular complexity index is 678. The van der Waals surface area contributed by atoms with Gasteiger partial charge in [-0.3, -0.25) is 4.79 Å². The van der Waals surface area contributed by atoms with Gasteiger partial charge in [0.2, 0.25) is 5.91 Å². The summed E-state index contributed by atoms with van der Waals surface area (Å²) in [6.45, 7) is 4.65. The van der Waals surface area contributed by atoms with Crippen molar-refractivity contribution in [3.63, 3.8) is 0 Å². The summed E-state index contributed by atoms with van der Waals surface area (Å²) in [6, 6.07) is 7.60. The van der Waals surface area contributed by atoms with Crippen molar-refractivity contribution in [1.82, 2.24) is 14.5 Å². The lowest BCUT2D eigenvalue weighted by Gasteiger charge is -2.32. The summed E-state index contributed by atoms with van der Waals surface area (Å²) in [6.07, 6.45) is 6.39. The molecule has 24 heavy (non-hydrogen) atoms. The van der Waals surface area contributed by atoms with Gasteiger partial charge in [-0.25, -0.2) is 4.98 Å². The van der Waals surface area contributed by atoms with Gasteiger partial charge in [0.05, 0.1) is 13.0 Å². The molecule has 0 aliphatic carbocycles. The lowest BCUT2D eigenvalue weighted by atomic mass is 9.96. The minimum atomic E-state index is 0.0338. The molecule has 2 aromatic rings. The van der Waals surface area contributed by atoms with Gasteiger partial charge in [0.15, 0.2) is 0 Å². The number of aliphatic hydroxyl groups is 1. The van der Waals surface area contributed by atoms with E-state index in [1.54, 1.807) is 0 Å². The molecule has 1 fully saturated rings. The zero-order chi connectivity index (χ0) is 16.9. The molecule has 3 rings (SSSR count). The summed E-state index contributed by atoms with van der Waals surface area (Å²) in [4.78, 5) is 19.1. The summed E-state index contributed by atoms with van der Waals surface area (Å²) >= 11 is 0. The van der Waals surface area contributed by atoms with Crippen molar-refractivity contribution in [1.29, 1.82) is 0 Å². The summed E-state index contributed by atoms with van der Waals surface area (Å²) in [5.41, 5.74) is 1.87. The molecule has 0 spiro atoms. The fraction of sp³-hybridized carbons (Fsp3) is 0.474. The van der Waals surface area contributed by atoms with Crippen LogP contribution in [0.4, 0.5) is 0 Å². The highest BCUT2D eigenvalue weighted by atomic mass is 16.3. The number of aliphatic hydroxyl groups excluding tert-OH is 1. The van der Waals surface area contributed by atoms with Crippen LogP contribution in [0.3, 0.4) is 0 Å². The second-order valence-corrected chi connectivity index (χ2v) is 6.40. The third-order valence-electron chi connectivity index (χ3n) is 4.79. The van der Waals surface area contributed by atoms with Gasteiger partial charge in [0, 0.05) is 37.9 Å². The molecular weight excluding hydrogens is 302 g/mol. The Morgan fingerprint density at radius 2 is 2.04 bits per heavy atom. The van der Waals surface area contributed by atoms with Crippen molar-refractivity contribution in [2.24, 2.45) is 0 Å². The number of amides is 1. The molecule has 1 aliphatic rings. The average molecular weight is 327 g/mol. The Balaban J connectivity index is 1.64. The third-order valence-corrected chi connectivity index (χ3v) is 4.79. The summed E-state index contributed by atoms with van der Waals surface area (Å²) < 4.78 is 2.17. The zero-order valence-corrected chi connectivity index (χ0v) is 14.2. The van der Waals surface area contributed by atoms with Crippen LogP contribution >= 0.6 is 0 Å². The molecule has 1 aliphatic heterocycles. The number of likely N-dealkylation sites (tertiary alicyclic amines) is 1. The van der Waals surface area contributed by atoms with E-state index < -0.39 is 0 Å². The van der Waals surface area contributed by atoms with Crippen molar-refractivity contribution in [2.45, 2.75) is 45.3 Å². The maximum Gasteiger partial charge on any atom is 0.227 e. The largest absolute Gasteiger partial charge is 0.392 e. The summed E-state index contributed by atoms with van der Waals surface area (Å²) in [5.74, 6) is 1.60. The molecule has 0 unspecified atom stereocenters. The molecule has 5 heteroatoms. The van der Waals surface area contributed by atoms with E-state index in [9.17, 15) is 4.79 Å². The highest BCUT2D eigenvalue weighted by molar-refractivity contribution is 5.79. The summed E-state index contributed by atoms with van der Waals surface area (Å²) in [7, 11) is 0. The molecule has 1 amide bonds. The fourth-order valence-corrected chi connectivity index (χ4v) is 3.41. The van der Waals surface area contributed by atoms with Gasteiger partial charge < -0.3 is 14.6 Å². The number of piperidine rings is 1. The van der Waals surface area contributed by atoms with E-state index in [2.05, 4.69) is 16.5 Å². The van der Waals surface area contributed by atoms with E-state index in [0.29, 0.717) is 12.3 Å². The van der Waals surface area contributed by atoms with Crippen LogP contribution in [0.1, 0.15) is 42.6 Å². The van der Waals surface area contributed by atoms with Crippen molar-refractivity contribution in [3.8, 4) is 0 Å². The molecule has 0 saturated carbocycles. The molecule has 1 aromatic carbocycles. The molecule has 2 heterocycles. The highest BCUT2D eigenvalue weighted by Gasteiger charge is 2.27. The number of imidazole rings is 1. The van der Waals surface area contributed by atoms with Crippen molar-refractivity contribution >= 4 is 5.91 Å². The molecule has 128 valence electrons. The van der Waals surface area contributed by atoms with E-state index in [0.717, 1.165) is 49.4 Å². The van der Waals surface area contributed by atoms with E-state index in [-0.39, 0.29) is 12.5 Å². The van der Waals surface area contributed by atoms with E-state index >= 15 is 0 Å². The number of hydrogen-bond acceptors (Lipinski definition) is 3. The molecule has 1 saturated heterocycles. The fourth-order valence-electron chi connectivity index (χ4n) is 3.41. The lowest BCUT2D eigenvalue weighted by molar-refractivity contribution is -0.131. The molecular formula is C19H25N3O2. The number of carbonyl (C=O) groups is 1. The Labute approximate surface area is 142 Å². The number of aromatic nitrogens is 2. The van der Waals surface area contributed by atoms with Gasteiger partial charge in [0.25, 0.3) is 0 Å². The molecule has 1 atom stereocenters. The van der Waals surface area contributed by atoms with Crippen molar-refractivity contribution in [3.05, 3.63) is 53.6 Å². The van der Waals surface area contributed by atoms with E-state index in [1.165, 1.54) is 0 Å². The van der Waals surface area contributed by atoms with Crippen molar-refractivity contribution in [2.75, 3.05) is 13.1 Å². The number of rotatable bonds is 5. The molecule has 5 nitrogen and oxygen atoms in total. The van der Waals surface area contributed by atoms with Crippen LogP contribution in [0, 0.1) is 0 Å². The topological polar surface area (TPSA) is 58.4 Å². The summed E-state index contributed by atoms with van der Waals surface area (Å²) in [5, 5.41) is 9.09. The Hall–Kier alpha value is -2.14. The smallest absolute Gasteiger partial charge is 0.227 e. The van der Waals surface area contributed by atoms with E-state index in [4.69, 9.17) is 5.11 Å². The number of hydrogen-bond donors (Lipinski definition) is 1. The predicted octanol–water partition coefficient (Wildman–Crippen LogP) is 2.34. The normalized spacial score (nSPS) is 17.9. The van der Waals surface area contributed by atoms with Gasteiger partial charge in [-0.1, -0.05) is 24.3 Å². The maximum absolute atomic E-state index is 12.6. The molecule has 0 bridgehead atoms. The lowest BCUT2D eigenvalue weighted by Crippen LogP contribution is -2.40. The Morgan fingerprint density at radius 1 is 1.29 bits per heavy atom. The number of benzene rings is 1. The molecule has 1 aromatic heterocycles. The van der Waals surface area contributed by atoms with Crippen LogP contribution < -0.4 is 0 Å². The Kier molecular flexibility index (Phi) is 5.30.